The van der Waals surface area contributed by atoms with Crippen molar-refractivity contribution in [2.75, 3.05) is 32.9 Å². The fraction of sp³-hybridized carbons (Fsp3) is 0.923. The van der Waals surface area contributed by atoms with E-state index in [1.807, 2.05) is 6.92 Å². The summed E-state index contributed by atoms with van der Waals surface area (Å²) in [5, 5.41) is 0. The Balaban J connectivity index is 2.00. The van der Waals surface area contributed by atoms with Crippen LogP contribution < -0.4 is 0 Å². The Morgan fingerprint density at radius 3 is 2.59 bits per heavy atom. The highest BCUT2D eigenvalue weighted by Gasteiger charge is 2.47. The number of carbonyl (C=O) groups is 1. The van der Waals surface area contributed by atoms with Crippen LogP contribution in [0.2, 0.25) is 0 Å². The van der Waals surface area contributed by atoms with Crippen LogP contribution in [0.25, 0.3) is 0 Å². The van der Waals surface area contributed by atoms with Crippen molar-refractivity contribution < 1.29 is 14.3 Å². The Kier molecular flexibility index (Phi) is 4.05. The number of ether oxygens (including phenoxy) is 2. The third-order valence-electron chi connectivity index (χ3n) is 4.00. The molecule has 2 aliphatic rings. The normalized spacial score (nSPS) is 25.3. The molecule has 98 valence electrons. The molecule has 1 saturated carbocycles. The number of rotatable bonds is 5. The molecule has 0 spiro atoms. The van der Waals surface area contributed by atoms with Gasteiger partial charge in [0, 0.05) is 18.6 Å². The minimum absolute atomic E-state index is 0.0178. The lowest BCUT2D eigenvalue weighted by Gasteiger charge is -2.43. The predicted molar refractivity (Wildman–Crippen MR) is 64.8 cm³/mol. The van der Waals surface area contributed by atoms with Crippen molar-refractivity contribution in [2.24, 2.45) is 5.92 Å². The molecule has 1 heterocycles. The van der Waals surface area contributed by atoms with Crippen LogP contribution in [0.15, 0.2) is 0 Å². The number of morpholine rings is 1. The van der Waals surface area contributed by atoms with Crippen molar-refractivity contribution in [2.45, 2.75) is 38.6 Å². The summed E-state index contributed by atoms with van der Waals surface area (Å²) in [5.74, 6) is 0.596. The number of nitrogens with zero attached hydrogens (tertiary/aromatic N) is 1. The lowest BCUT2D eigenvalue weighted by atomic mass is 9.89. The van der Waals surface area contributed by atoms with Gasteiger partial charge < -0.3 is 9.47 Å². The average Bonchev–Trinajstić information content (AvgIpc) is 3.14. The molecule has 0 radical (unpaired) electrons. The fourth-order valence-electron chi connectivity index (χ4n) is 2.80. The second-order valence-electron chi connectivity index (χ2n) is 5.21. The van der Waals surface area contributed by atoms with Crippen LogP contribution in [0.3, 0.4) is 0 Å². The molecule has 1 aliphatic carbocycles. The molecule has 4 nitrogen and oxygen atoms in total. The van der Waals surface area contributed by atoms with Crippen molar-refractivity contribution in [3.05, 3.63) is 0 Å². The van der Waals surface area contributed by atoms with E-state index in [4.69, 9.17) is 9.47 Å². The number of hydrogen-bond acceptors (Lipinski definition) is 4. The molecule has 0 N–H and O–H groups in total. The molecule has 1 aliphatic heterocycles. The summed E-state index contributed by atoms with van der Waals surface area (Å²) < 4.78 is 10.5. The molecule has 2 fully saturated rings. The fourth-order valence-corrected chi connectivity index (χ4v) is 2.80. The van der Waals surface area contributed by atoms with Gasteiger partial charge in [-0.1, -0.05) is 0 Å². The van der Waals surface area contributed by atoms with E-state index in [9.17, 15) is 4.79 Å². The molecule has 1 atom stereocenters. The Labute approximate surface area is 103 Å². The molecule has 0 aromatic heterocycles. The predicted octanol–water partition coefficient (Wildman–Crippen LogP) is 1.44. The van der Waals surface area contributed by atoms with E-state index in [0.717, 1.165) is 26.3 Å². The van der Waals surface area contributed by atoms with Gasteiger partial charge in [-0.05, 0) is 32.6 Å². The van der Waals surface area contributed by atoms with Gasteiger partial charge in [0.15, 0.2) is 0 Å². The van der Waals surface area contributed by atoms with Gasteiger partial charge in [-0.15, -0.1) is 0 Å². The first-order chi connectivity index (χ1) is 8.16. The van der Waals surface area contributed by atoms with Crippen LogP contribution >= 0.6 is 0 Å². The van der Waals surface area contributed by atoms with Gasteiger partial charge in [0.05, 0.1) is 26.2 Å². The second kappa shape index (κ2) is 5.36. The number of hydrogen-bond donors (Lipinski definition) is 0. The number of carbonyl (C=O) groups excluding carboxylic acids is 1. The molecule has 0 aromatic rings. The summed E-state index contributed by atoms with van der Waals surface area (Å²) in [6.45, 7) is 7.99. The van der Waals surface area contributed by atoms with E-state index in [-0.39, 0.29) is 11.5 Å². The minimum atomic E-state index is -0.0617. The van der Waals surface area contributed by atoms with E-state index in [2.05, 4.69) is 11.8 Å². The maximum Gasteiger partial charge on any atom is 0.307 e. The van der Waals surface area contributed by atoms with E-state index >= 15 is 0 Å². The monoisotopic (exact) mass is 241 g/mol. The van der Waals surface area contributed by atoms with Crippen molar-refractivity contribution in [1.29, 1.82) is 0 Å². The zero-order chi connectivity index (χ0) is 12.3. The third kappa shape index (κ3) is 2.99. The molecule has 0 aromatic carbocycles. The Morgan fingerprint density at radius 2 is 2.06 bits per heavy atom. The van der Waals surface area contributed by atoms with Gasteiger partial charge in [-0.25, -0.2) is 0 Å². The van der Waals surface area contributed by atoms with Gasteiger partial charge in [0.1, 0.15) is 0 Å². The quantitative estimate of drug-likeness (QED) is 0.683. The van der Waals surface area contributed by atoms with Gasteiger partial charge in [0.2, 0.25) is 0 Å². The van der Waals surface area contributed by atoms with Crippen LogP contribution in [0.4, 0.5) is 0 Å². The highest BCUT2D eigenvalue weighted by molar-refractivity contribution is 5.71. The van der Waals surface area contributed by atoms with E-state index < -0.39 is 0 Å². The van der Waals surface area contributed by atoms with Crippen molar-refractivity contribution >= 4 is 5.97 Å². The molecule has 1 saturated heterocycles. The largest absolute Gasteiger partial charge is 0.466 e. The molecular weight excluding hydrogens is 218 g/mol. The first kappa shape index (κ1) is 12.8. The lowest BCUT2D eigenvalue weighted by molar-refractivity contribution is -0.148. The average molecular weight is 241 g/mol. The first-order valence-electron chi connectivity index (χ1n) is 6.65. The topological polar surface area (TPSA) is 38.8 Å². The number of esters is 1. The molecule has 0 amide bonds. The zero-order valence-corrected chi connectivity index (χ0v) is 10.9. The van der Waals surface area contributed by atoms with Crippen LogP contribution in [0.1, 0.15) is 33.1 Å². The summed E-state index contributed by atoms with van der Waals surface area (Å²) in [7, 11) is 0. The second-order valence-corrected chi connectivity index (χ2v) is 5.21. The third-order valence-corrected chi connectivity index (χ3v) is 4.00. The van der Waals surface area contributed by atoms with E-state index in [1.54, 1.807) is 0 Å². The van der Waals surface area contributed by atoms with Gasteiger partial charge in [-0.3, -0.25) is 9.69 Å². The Morgan fingerprint density at radius 1 is 1.41 bits per heavy atom. The first-order valence-corrected chi connectivity index (χ1v) is 6.65. The van der Waals surface area contributed by atoms with Crippen molar-refractivity contribution in [1.82, 2.24) is 4.90 Å². The molecule has 4 heteroatoms. The molecular formula is C13H23NO3. The van der Waals surface area contributed by atoms with E-state index in [1.165, 1.54) is 12.8 Å². The summed E-state index contributed by atoms with van der Waals surface area (Å²) in [6, 6.07) is 0. The minimum Gasteiger partial charge on any atom is -0.466 e. The maximum absolute atomic E-state index is 11.8. The highest BCUT2D eigenvalue weighted by Crippen LogP contribution is 2.45. The smallest absolute Gasteiger partial charge is 0.307 e. The van der Waals surface area contributed by atoms with Gasteiger partial charge in [-0.2, -0.15) is 0 Å². The van der Waals surface area contributed by atoms with Crippen LogP contribution in [-0.2, 0) is 14.3 Å². The van der Waals surface area contributed by atoms with Crippen LogP contribution in [-0.4, -0.2) is 49.3 Å². The van der Waals surface area contributed by atoms with Crippen LogP contribution in [0, 0.1) is 5.92 Å². The van der Waals surface area contributed by atoms with Gasteiger partial charge in [0.25, 0.3) is 0 Å². The molecule has 17 heavy (non-hydrogen) atoms. The molecule has 0 bridgehead atoms. The Hall–Kier alpha value is -0.610. The summed E-state index contributed by atoms with van der Waals surface area (Å²) in [6.07, 6.45) is 3.01. The summed E-state index contributed by atoms with van der Waals surface area (Å²) >= 11 is 0. The van der Waals surface area contributed by atoms with Crippen molar-refractivity contribution in [3.63, 3.8) is 0 Å². The molecule has 2 rings (SSSR count). The highest BCUT2D eigenvalue weighted by atomic mass is 16.5. The summed E-state index contributed by atoms with van der Waals surface area (Å²) in [4.78, 5) is 14.2. The summed E-state index contributed by atoms with van der Waals surface area (Å²) in [5.41, 5.74) is -0.0178. The Bertz CT molecular complexity index is 272. The van der Waals surface area contributed by atoms with Gasteiger partial charge >= 0.3 is 5.97 Å². The van der Waals surface area contributed by atoms with Crippen molar-refractivity contribution in [3.8, 4) is 0 Å². The van der Waals surface area contributed by atoms with E-state index in [0.29, 0.717) is 18.9 Å². The standard InChI is InChI=1S/C13H23NO3/c1-3-17-12(15)10-13(2,11-4-5-11)14-6-8-16-9-7-14/h11H,3-10H2,1-2H3. The SMILES string of the molecule is CCOC(=O)CC(C)(C1CC1)N1CCOCC1. The maximum atomic E-state index is 11.8. The zero-order valence-electron chi connectivity index (χ0n) is 10.9. The molecule has 1 unspecified atom stereocenters. The lowest BCUT2D eigenvalue weighted by Crippen LogP contribution is -2.54. The van der Waals surface area contributed by atoms with Crippen LogP contribution in [0.5, 0.6) is 0 Å².